The van der Waals surface area contributed by atoms with Gasteiger partial charge >= 0.3 is 0 Å². The number of benzene rings is 1. The predicted octanol–water partition coefficient (Wildman–Crippen LogP) is 2.48. The fraction of sp³-hybridized carbons (Fsp3) is 0.462. The Kier molecular flexibility index (Phi) is 3.15. The van der Waals surface area contributed by atoms with E-state index in [4.69, 9.17) is 18.0 Å². The Morgan fingerprint density at radius 1 is 1.50 bits per heavy atom. The number of nitrogens with zero attached hydrogens (tertiary/aromatic N) is 1. The van der Waals surface area contributed by atoms with Gasteiger partial charge in [0, 0.05) is 24.8 Å². The Morgan fingerprint density at radius 2 is 2.19 bits per heavy atom. The molecule has 1 aliphatic carbocycles. The Morgan fingerprint density at radius 3 is 2.75 bits per heavy atom. The second-order valence-corrected chi connectivity index (χ2v) is 5.15. The van der Waals surface area contributed by atoms with Crippen molar-refractivity contribution in [3.05, 3.63) is 29.3 Å². The summed E-state index contributed by atoms with van der Waals surface area (Å²) in [6.45, 7) is 3.17. The largest absolute Gasteiger partial charge is 0.389 e. The molecule has 0 amide bonds. The van der Waals surface area contributed by atoms with Crippen LogP contribution in [0.2, 0.25) is 0 Å². The second-order valence-electron chi connectivity index (χ2n) is 4.71. The van der Waals surface area contributed by atoms with Gasteiger partial charge in [-0.1, -0.05) is 23.8 Å². The lowest BCUT2D eigenvalue weighted by molar-refractivity contribution is 0.787. The van der Waals surface area contributed by atoms with Crippen LogP contribution in [0.15, 0.2) is 18.2 Å². The molecule has 1 aromatic rings. The van der Waals surface area contributed by atoms with Crippen LogP contribution in [0.3, 0.4) is 0 Å². The molecule has 1 fully saturated rings. The highest BCUT2D eigenvalue weighted by molar-refractivity contribution is 7.80. The van der Waals surface area contributed by atoms with Crippen molar-refractivity contribution in [2.24, 2.45) is 11.7 Å². The van der Waals surface area contributed by atoms with E-state index in [-0.39, 0.29) is 0 Å². The summed E-state index contributed by atoms with van der Waals surface area (Å²) in [5.74, 6) is 0.866. The van der Waals surface area contributed by atoms with Crippen molar-refractivity contribution in [1.82, 2.24) is 0 Å². The molecule has 0 aromatic heterocycles. The first kappa shape index (κ1) is 11.4. The van der Waals surface area contributed by atoms with E-state index in [1.54, 1.807) is 0 Å². The molecule has 3 heteroatoms. The van der Waals surface area contributed by atoms with Gasteiger partial charge in [0.25, 0.3) is 0 Å². The molecule has 1 aromatic carbocycles. The molecule has 0 atom stereocenters. The van der Waals surface area contributed by atoms with E-state index >= 15 is 0 Å². The van der Waals surface area contributed by atoms with Crippen LogP contribution in [0.5, 0.6) is 0 Å². The lowest BCUT2D eigenvalue weighted by Gasteiger charge is -2.22. The molecule has 2 rings (SSSR count). The third kappa shape index (κ3) is 2.53. The van der Waals surface area contributed by atoms with Crippen molar-refractivity contribution >= 4 is 22.9 Å². The third-order valence-electron chi connectivity index (χ3n) is 3.06. The molecule has 1 aliphatic rings. The molecule has 0 saturated heterocycles. The summed E-state index contributed by atoms with van der Waals surface area (Å²) in [4.78, 5) is 2.76. The van der Waals surface area contributed by atoms with Crippen molar-refractivity contribution in [3.63, 3.8) is 0 Å². The molecule has 0 aliphatic heterocycles. The molecule has 0 unspecified atom stereocenters. The van der Waals surface area contributed by atoms with Crippen LogP contribution in [-0.2, 0) is 0 Å². The minimum atomic E-state index is 0.487. The number of thiocarbonyl (C=S) groups is 1. The molecule has 86 valence electrons. The van der Waals surface area contributed by atoms with Gasteiger partial charge in [-0.3, -0.25) is 0 Å². The molecule has 0 bridgehead atoms. The van der Waals surface area contributed by atoms with Gasteiger partial charge in [0.1, 0.15) is 4.99 Å². The zero-order valence-corrected chi connectivity index (χ0v) is 10.7. The first-order chi connectivity index (χ1) is 7.58. The molecule has 0 radical (unpaired) electrons. The van der Waals surface area contributed by atoms with Gasteiger partial charge in [0.2, 0.25) is 0 Å². The van der Waals surface area contributed by atoms with Gasteiger partial charge in [-0.25, -0.2) is 0 Å². The van der Waals surface area contributed by atoms with Crippen LogP contribution in [0.4, 0.5) is 5.69 Å². The van der Waals surface area contributed by atoms with E-state index in [1.807, 2.05) is 0 Å². The fourth-order valence-corrected chi connectivity index (χ4v) is 2.13. The summed E-state index contributed by atoms with van der Waals surface area (Å²) in [5, 5.41) is 0. The third-order valence-corrected chi connectivity index (χ3v) is 3.28. The molecule has 2 nitrogen and oxygen atoms in total. The lowest BCUT2D eigenvalue weighted by Crippen LogP contribution is -2.24. The monoisotopic (exact) mass is 234 g/mol. The number of hydrogen-bond donors (Lipinski definition) is 1. The van der Waals surface area contributed by atoms with Crippen molar-refractivity contribution < 1.29 is 0 Å². The Balaban J connectivity index is 2.26. The van der Waals surface area contributed by atoms with E-state index in [0.29, 0.717) is 4.99 Å². The average Bonchev–Trinajstić information content (AvgIpc) is 3.01. The Labute approximate surface area is 102 Å². The van der Waals surface area contributed by atoms with E-state index in [1.165, 1.54) is 18.4 Å². The second kappa shape index (κ2) is 4.42. The maximum atomic E-state index is 5.77. The summed E-state index contributed by atoms with van der Waals surface area (Å²) in [5.41, 5.74) is 9.13. The van der Waals surface area contributed by atoms with Crippen molar-refractivity contribution in [2.45, 2.75) is 19.8 Å². The number of rotatable bonds is 4. The maximum absolute atomic E-state index is 5.77. The van der Waals surface area contributed by atoms with Crippen LogP contribution in [0, 0.1) is 12.8 Å². The molecular formula is C13H18N2S. The highest BCUT2D eigenvalue weighted by atomic mass is 32.1. The van der Waals surface area contributed by atoms with Crippen LogP contribution in [0.25, 0.3) is 0 Å². The minimum Gasteiger partial charge on any atom is -0.389 e. The van der Waals surface area contributed by atoms with Gasteiger partial charge < -0.3 is 10.6 Å². The molecule has 16 heavy (non-hydrogen) atoms. The summed E-state index contributed by atoms with van der Waals surface area (Å²) >= 11 is 5.11. The van der Waals surface area contributed by atoms with Gasteiger partial charge in [-0.2, -0.15) is 0 Å². The van der Waals surface area contributed by atoms with Gasteiger partial charge in [-0.15, -0.1) is 0 Å². The Bertz CT molecular complexity index is 410. The summed E-state index contributed by atoms with van der Waals surface area (Å²) in [6, 6.07) is 6.30. The number of hydrogen-bond acceptors (Lipinski definition) is 2. The summed E-state index contributed by atoms with van der Waals surface area (Å²) in [7, 11) is 2.12. The van der Waals surface area contributed by atoms with Crippen molar-refractivity contribution in [2.75, 3.05) is 18.5 Å². The molecule has 2 N–H and O–H groups in total. The summed E-state index contributed by atoms with van der Waals surface area (Å²) in [6.07, 6.45) is 2.72. The predicted molar refractivity (Wildman–Crippen MR) is 73.1 cm³/mol. The topological polar surface area (TPSA) is 29.3 Å². The minimum absolute atomic E-state index is 0.487. The fourth-order valence-electron chi connectivity index (χ4n) is 1.97. The summed E-state index contributed by atoms with van der Waals surface area (Å²) < 4.78 is 0. The molecule has 0 heterocycles. The SMILES string of the molecule is Cc1ccc(N(C)CC2CC2)c(C(N)=S)c1. The lowest BCUT2D eigenvalue weighted by atomic mass is 10.1. The number of aryl methyl sites for hydroxylation is 1. The quantitative estimate of drug-likeness (QED) is 0.812. The Hall–Kier alpha value is -1.09. The standard InChI is InChI=1S/C13H18N2S/c1-9-3-6-12(11(7-9)13(14)16)15(2)8-10-4-5-10/h3,6-7,10H,4-5,8H2,1-2H3,(H2,14,16). The van der Waals surface area contributed by atoms with Crippen LogP contribution >= 0.6 is 12.2 Å². The highest BCUT2D eigenvalue weighted by Crippen LogP contribution is 2.31. The van der Waals surface area contributed by atoms with Gasteiger partial charge in [-0.05, 0) is 37.8 Å². The first-order valence-corrected chi connectivity index (χ1v) is 6.10. The molecule has 0 spiro atoms. The van der Waals surface area contributed by atoms with Gasteiger partial charge in [0.15, 0.2) is 0 Å². The van der Waals surface area contributed by atoms with Crippen molar-refractivity contribution in [1.29, 1.82) is 0 Å². The zero-order valence-electron chi connectivity index (χ0n) is 9.86. The number of nitrogens with two attached hydrogens (primary N) is 1. The first-order valence-electron chi connectivity index (χ1n) is 5.69. The van der Waals surface area contributed by atoms with Crippen LogP contribution in [-0.4, -0.2) is 18.6 Å². The van der Waals surface area contributed by atoms with E-state index in [0.717, 1.165) is 23.7 Å². The van der Waals surface area contributed by atoms with E-state index in [2.05, 4.69) is 37.1 Å². The molecule has 1 saturated carbocycles. The average molecular weight is 234 g/mol. The van der Waals surface area contributed by atoms with Crippen molar-refractivity contribution in [3.8, 4) is 0 Å². The van der Waals surface area contributed by atoms with Crippen LogP contribution in [0.1, 0.15) is 24.0 Å². The van der Waals surface area contributed by atoms with Gasteiger partial charge in [0.05, 0.1) is 0 Å². The molecular weight excluding hydrogens is 216 g/mol. The van der Waals surface area contributed by atoms with E-state index in [9.17, 15) is 0 Å². The normalized spacial score (nSPS) is 14.9. The number of anilines is 1. The highest BCUT2D eigenvalue weighted by Gasteiger charge is 2.23. The van der Waals surface area contributed by atoms with Crippen LogP contribution < -0.4 is 10.6 Å². The zero-order chi connectivity index (χ0) is 11.7. The smallest absolute Gasteiger partial charge is 0.106 e. The maximum Gasteiger partial charge on any atom is 0.106 e. The van der Waals surface area contributed by atoms with E-state index < -0.39 is 0 Å².